The molecule has 0 fully saturated rings. The maximum absolute atomic E-state index is 13.4. The minimum Gasteiger partial charge on any atom is -0.321 e. The lowest BCUT2D eigenvalue weighted by atomic mass is 10.1. The second-order valence-electron chi connectivity index (χ2n) is 4.19. The Labute approximate surface area is 120 Å². The van der Waals surface area contributed by atoms with Gasteiger partial charge in [0.05, 0.1) is 5.69 Å². The molecule has 1 amide bonds. The van der Waals surface area contributed by atoms with Gasteiger partial charge in [0.1, 0.15) is 17.4 Å². The molecule has 3 nitrogen and oxygen atoms in total. The summed E-state index contributed by atoms with van der Waals surface area (Å²) in [5.74, 6) is -1.09. The first kappa shape index (κ1) is 14.0. The zero-order valence-corrected chi connectivity index (χ0v) is 11.3. The van der Waals surface area contributed by atoms with E-state index in [1.54, 1.807) is 31.2 Å². The van der Waals surface area contributed by atoms with Crippen molar-refractivity contribution in [3.8, 4) is 6.07 Å². The van der Waals surface area contributed by atoms with Gasteiger partial charge in [-0.2, -0.15) is 5.26 Å². The highest BCUT2D eigenvalue weighted by Gasteiger charge is 2.12. The van der Waals surface area contributed by atoms with Crippen LogP contribution in [-0.2, 0) is 0 Å². The Balaban J connectivity index is 2.31. The topological polar surface area (TPSA) is 52.9 Å². The predicted molar refractivity (Wildman–Crippen MR) is 75.3 cm³/mol. The standard InChI is InChI=1S/C15H10ClFN2O/c1-9-7-10(5-6-12(9)16)15(20)19-14-4-2-3-13(17)11(14)8-18/h2-7H,1H3,(H,19,20). The Morgan fingerprint density at radius 3 is 2.75 bits per heavy atom. The van der Waals surface area contributed by atoms with Gasteiger partial charge in [-0.3, -0.25) is 4.79 Å². The molecule has 0 saturated heterocycles. The lowest BCUT2D eigenvalue weighted by Gasteiger charge is -2.08. The number of benzene rings is 2. The van der Waals surface area contributed by atoms with E-state index in [-0.39, 0.29) is 11.3 Å². The molecule has 0 atom stereocenters. The third kappa shape index (κ3) is 2.79. The maximum Gasteiger partial charge on any atom is 0.255 e. The fourth-order valence-corrected chi connectivity index (χ4v) is 1.84. The largest absolute Gasteiger partial charge is 0.321 e. The van der Waals surface area contributed by atoms with Gasteiger partial charge >= 0.3 is 0 Å². The molecule has 20 heavy (non-hydrogen) atoms. The summed E-state index contributed by atoms with van der Waals surface area (Å²) < 4.78 is 13.4. The Morgan fingerprint density at radius 2 is 2.10 bits per heavy atom. The monoisotopic (exact) mass is 288 g/mol. The number of carbonyl (C=O) groups excluding carboxylic acids is 1. The molecular formula is C15H10ClFN2O. The highest BCUT2D eigenvalue weighted by atomic mass is 35.5. The number of aryl methyl sites for hydroxylation is 1. The molecule has 1 N–H and O–H groups in total. The van der Waals surface area contributed by atoms with Crippen LogP contribution in [0.4, 0.5) is 10.1 Å². The fourth-order valence-electron chi connectivity index (χ4n) is 1.72. The number of carbonyl (C=O) groups is 1. The van der Waals surface area contributed by atoms with Gasteiger partial charge in [0.2, 0.25) is 0 Å². The second kappa shape index (κ2) is 5.72. The van der Waals surface area contributed by atoms with E-state index in [2.05, 4.69) is 5.32 Å². The van der Waals surface area contributed by atoms with Crippen molar-refractivity contribution in [3.05, 3.63) is 63.9 Å². The SMILES string of the molecule is Cc1cc(C(=O)Nc2cccc(F)c2C#N)ccc1Cl. The summed E-state index contributed by atoms with van der Waals surface area (Å²) in [5.41, 5.74) is 1.11. The van der Waals surface area contributed by atoms with Gasteiger partial charge in [-0.25, -0.2) is 4.39 Å². The quantitative estimate of drug-likeness (QED) is 0.911. The molecular weight excluding hydrogens is 279 g/mol. The molecule has 2 aromatic rings. The van der Waals surface area contributed by atoms with Crippen molar-refractivity contribution in [2.24, 2.45) is 0 Å². The number of anilines is 1. The highest BCUT2D eigenvalue weighted by Crippen LogP contribution is 2.20. The number of amides is 1. The molecule has 0 spiro atoms. The first-order chi connectivity index (χ1) is 9.52. The summed E-state index contributed by atoms with van der Waals surface area (Å²) in [6.07, 6.45) is 0. The van der Waals surface area contributed by atoms with Crippen molar-refractivity contribution in [2.75, 3.05) is 5.32 Å². The highest BCUT2D eigenvalue weighted by molar-refractivity contribution is 6.31. The Morgan fingerprint density at radius 1 is 1.35 bits per heavy atom. The molecule has 0 radical (unpaired) electrons. The van der Waals surface area contributed by atoms with Crippen LogP contribution in [0.1, 0.15) is 21.5 Å². The van der Waals surface area contributed by atoms with Crippen LogP contribution < -0.4 is 5.32 Å². The molecule has 0 bridgehead atoms. The molecule has 100 valence electrons. The average molecular weight is 289 g/mol. The normalized spacial score (nSPS) is 9.90. The van der Waals surface area contributed by atoms with Crippen LogP contribution in [-0.4, -0.2) is 5.91 Å². The van der Waals surface area contributed by atoms with Crippen LogP contribution >= 0.6 is 11.6 Å². The third-order valence-electron chi connectivity index (χ3n) is 2.79. The smallest absolute Gasteiger partial charge is 0.255 e. The van der Waals surface area contributed by atoms with E-state index in [1.807, 2.05) is 0 Å². The summed E-state index contributed by atoms with van der Waals surface area (Å²) in [4.78, 5) is 12.1. The number of halogens is 2. The first-order valence-corrected chi connectivity index (χ1v) is 6.17. The lowest BCUT2D eigenvalue weighted by molar-refractivity contribution is 0.102. The van der Waals surface area contributed by atoms with Crippen LogP contribution in [0.3, 0.4) is 0 Å². The van der Waals surface area contributed by atoms with Crippen LogP contribution in [0.25, 0.3) is 0 Å². The van der Waals surface area contributed by atoms with Gasteiger partial charge in [-0.05, 0) is 42.8 Å². The van der Waals surface area contributed by atoms with E-state index >= 15 is 0 Å². The summed E-state index contributed by atoms with van der Waals surface area (Å²) in [6, 6.07) is 10.6. The number of nitriles is 1. The van der Waals surface area contributed by atoms with Crippen molar-refractivity contribution < 1.29 is 9.18 Å². The molecule has 0 aliphatic heterocycles. The minimum absolute atomic E-state index is 0.144. The van der Waals surface area contributed by atoms with Crippen molar-refractivity contribution in [1.82, 2.24) is 0 Å². The Kier molecular flexibility index (Phi) is 4.02. The summed E-state index contributed by atoms with van der Waals surface area (Å²) in [5, 5.41) is 12.0. The zero-order valence-electron chi connectivity index (χ0n) is 10.6. The molecule has 0 heterocycles. The van der Waals surface area contributed by atoms with E-state index in [0.717, 1.165) is 5.56 Å². The van der Waals surface area contributed by atoms with Gasteiger partial charge in [0.15, 0.2) is 0 Å². The van der Waals surface area contributed by atoms with E-state index in [0.29, 0.717) is 10.6 Å². The zero-order chi connectivity index (χ0) is 14.7. The fraction of sp³-hybridized carbons (Fsp3) is 0.0667. The van der Waals surface area contributed by atoms with Crippen molar-refractivity contribution in [2.45, 2.75) is 6.92 Å². The molecule has 0 aliphatic rings. The average Bonchev–Trinajstić information content (AvgIpc) is 2.42. The van der Waals surface area contributed by atoms with E-state index < -0.39 is 11.7 Å². The van der Waals surface area contributed by atoms with Gasteiger partial charge in [-0.15, -0.1) is 0 Å². The van der Waals surface area contributed by atoms with Crippen molar-refractivity contribution >= 4 is 23.2 Å². The number of rotatable bonds is 2. The molecule has 0 unspecified atom stereocenters. The van der Waals surface area contributed by atoms with Crippen LogP contribution in [0.15, 0.2) is 36.4 Å². The third-order valence-corrected chi connectivity index (χ3v) is 3.22. The van der Waals surface area contributed by atoms with Gasteiger partial charge in [0, 0.05) is 10.6 Å². The number of hydrogen-bond donors (Lipinski definition) is 1. The maximum atomic E-state index is 13.4. The number of nitrogens with zero attached hydrogens (tertiary/aromatic N) is 1. The van der Waals surface area contributed by atoms with Crippen molar-refractivity contribution in [1.29, 1.82) is 5.26 Å². The van der Waals surface area contributed by atoms with Crippen LogP contribution in [0.2, 0.25) is 5.02 Å². The molecule has 2 aromatic carbocycles. The van der Waals surface area contributed by atoms with E-state index in [1.165, 1.54) is 18.2 Å². The number of hydrogen-bond acceptors (Lipinski definition) is 2. The van der Waals surface area contributed by atoms with Crippen LogP contribution in [0, 0.1) is 24.1 Å². The summed E-state index contributed by atoms with van der Waals surface area (Å²) >= 11 is 5.89. The van der Waals surface area contributed by atoms with E-state index in [9.17, 15) is 9.18 Å². The Hall–Kier alpha value is -2.38. The summed E-state index contributed by atoms with van der Waals surface area (Å²) in [6.45, 7) is 1.78. The first-order valence-electron chi connectivity index (χ1n) is 5.79. The molecule has 0 saturated carbocycles. The van der Waals surface area contributed by atoms with Crippen LogP contribution in [0.5, 0.6) is 0 Å². The molecule has 0 aromatic heterocycles. The molecule has 2 rings (SSSR count). The Bertz CT molecular complexity index is 722. The number of nitrogens with one attached hydrogen (secondary N) is 1. The van der Waals surface area contributed by atoms with Gasteiger partial charge in [-0.1, -0.05) is 17.7 Å². The van der Waals surface area contributed by atoms with E-state index in [4.69, 9.17) is 16.9 Å². The second-order valence-corrected chi connectivity index (χ2v) is 4.60. The summed E-state index contributed by atoms with van der Waals surface area (Å²) in [7, 11) is 0. The van der Waals surface area contributed by atoms with Crippen molar-refractivity contribution in [3.63, 3.8) is 0 Å². The molecule has 5 heteroatoms. The predicted octanol–water partition coefficient (Wildman–Crippen LogP) is 3.91. The lowest BCUT2D eigenvalue weighted by Crippen LogP contribution is -2.13. The molecule has 0 aliphatic carbocycles. The van der Waals surface area contributed by atoms with Gasteiger partial charge < -0.3 is 5.32 Å². The van der Waals surface area contributed by atoms with Gasteiger partial charge in [0.25, 0.3) is 5.91 Å². The minimum atomic E-state index is -0.669.